The van der Waals surface area contributed by atoms with Crippen molar-refractivity contribution in [1.82, 2.24) is 4.98 Å². The molecule has 0 saturated heterocycles. The lowest BCUT2D eigenvalue weighted by Crippen LogP contribution is -2.24. The average molecular weight is 231 g/mol. The van der Waals surface area contributed by atoms with Crippen molar-refractivity contribution >= 4 is 28.1 Å². The molecular weight excluding hydrogens is 216 g/mol. The van der Waals surface area contributed by atoms with Crippen LogP contribution in [-0.2, 0) is 5.88 Å². The van der Waals surface area contributed by atoms with Gasteiger partial charge in [0.25, 0.3) is 0 Å². The number of hydrogen-bond acceptors (Lipinski definition) is 3. The molecule has 1 saturated carbocycles. The lowest BCUT2D eigenvalue weighted by Gasteiger charge is -2.19. The third kappa shape index (κ3) is 2.39. The van der Waals surface area contributed by atoms with E-state index in [-0.39, 0.29) is 0 Å². The van der Waals surface area contributed by atoms with E-state index in [1.165, 1.54) is 19.4 Å². The Balaban J connectivity index is 2.01. The van der Waals surface area contributed by atoms with Gasteiger partial charge in [-0.3, -0.25) is 0 Å². The largest absolute Gasteiger partial charge is 0.348 e. The Morgan fingerprint density at radius 2 is 2.43 bits per heavy atom. The Hall–Kier alpha value is -0.280. The Kier molecular flexibility index (Phi) is 3.29. The molecule has 1 fully saturated rings. The van der Waals surface area contributed by atoms with Crippen LogP contribution in [0.4, 0.5) is 5.13 Å². The molecular formula is C10H15ClN2S. The van der Waals surface area contributed by atoms with Crippen LogP contribution >= 0.6 is 22.9 Å². The first-order valence-corrected chi connectivity index (χ1v) is 6.50. The van der Waals surface area contributed by atoms with Crippen LogP contribution in [0, 0.1) is 5.92 Å². The van der Waals surface area contributed by atoms with Gasteiger partial charge in [-0.15, -0.1) is 22.9 Å². The fourth-order valence-corrected chi connectivity index (χ4v) is 2.59. The van der Waals surface area contributed by atoms with Gasteiger partial charge >= 0.3 is 0 Å². The Bertz CT molecular complexity index is 296. The smallest absolute Gasteiger partial charge is 0.185 e. The van der Waals surface area contributed by atoms with Crippen LogP contribution < -0.4 is 4.90 Å². The van der Waals surface area contributed by atoms with Gasteiger partial charge in [-0.25, -0.2) is 4.98 Å². The van der Waals surface area contributed by atoms with Crippen molar-refractivity contribution in [2.24, 2.45) is 5.92 Å². The second-order valence-corrected chi connectivity index (χ2v) is 4.84. The first kappa shape index (κ1) is 10.2. The third-order valence-corrected chi connectivity index (χ3v) is 3.73. The molecule has 2 nitrogen and oxygen atoms in total. The normalized spacial score (nSPS) is 15.9. The Morgan fingerprint density at radius 3 is 2.93 bits per heavy atom. The first-order valence-electron chi connectivity index (χ1n) is 5.08. The van der Waals surface area contributed by atoms with Crippen LogP contribution in [0.2, 0.25) is 0 Å². The van der Waals surface area contributed by atoms with Crippen molar-refractivity contribution in [3.63, 3.8) is 0 Å². The Labute approximate surface area is 93.9 Å². The predicted molar refractivity (Wildman–Crippen MR) is 62.3 cm³/mol. The molecule has 0 amide bonds. The zero-order valence-electron chi connectivity index (χ0n) is 8.37. The topological polar surface area (TPSA) is 16.1 Å². The summed E-state index contributed by atoms with van der Waals surface area (Å²) < 4.78 is 0. The van der Waals surface area contributed by atoms with Crippen LogP contribution in [0.15, 0.2) is 5.38 Å². The molecule has 0 aromatic carbocycles. The molecule has 0 bridgehead atoms. The number of anilines is 1. The molecule has 1 aromatic rings. The minimum absolute atomic E-state index is 0.525. The van der Waals surface area contributed by atoms with Crippen LogP contribution in [0.1, 0.15) is 25.5 Å². The molecule has 0 unspecified atom stereocenters. The zero-order valence-corrected chi connectivity index (χ0v) is 9.94. The van der Waals surface area contributed by atoms with Crippen molar-refractivity contribution in [1.29, 1.82) is 0 Å². The van der Waals surface area contributed by atoms with Crippen LogP contribution in [0.3, 0.4) is 0 Å². The van der Waals surface area contributed by atoms with E-state index in [0.717, 1.165) is 23.3 Å². The lowest BCUT2D eigenvalue weighted by atomic mass is 10.4. The number of rotatable bonds is 5. The predicted octanol–water partition coefficient (Wildman–Crippen LogP) is 3.12. The third-order valence-electron chi connectivity index (χ3n) is 2.50. The summed E-state index contributed by atoms with van der Waals surface area (Å²) in [5, 5.41) is 3.19. The van der Waals surface area contributed by atoms with Crippen molar-refractivity contribution < 1.29 is 0 Å². The van der Waals surface area contributed by atoms with E-state index in [2.05, 4.69) is 22.2 Å². The minimum Gasteiger partial charge on any atom is -0.348 e. The van der Waals surface area contributed by atoms with Crippen LogP contribution in [0.25, 0.3) is 0 Å². The van der Waals surface area contributed by atoms with Crippen molar-refractivity contribution in [3.05, 3.63) is 11.1 Å². The highest BCUT2D eigenvalue weighted by Crippen LogP contribution is 2.32. The zero-order chi connectivity index (χ0) is 9.97. The fraction of sp³-hybridized carbons (Fsp3) is 0.700. The van der Waals surface area contributed by atoms with Gasteiger partial charge in [0.1, 0.15) is 0 Å². The standard InChI is InChI=1S/C10H15ClN2S/c1-2-13(6-8-3-4-8)10-12-9(5-11)7-14-10/h7-8H,2-6H2,1H3. The second-order valence-electron chi connectivity index (χ2n) is 3.74. The summed E-state index contributed by atoms with van der Waals surface area (Å²) in [4.78, 5) is 6.85. The van der Waals surface area contributed by atoms with Gasteiger partial charge in [0.2, 0.25) is 0 Å². The van der Waals surface area contributed by atoms with Gasteiger partial charge in [-0.1, -0.05) is 0 Å². The first-order chi connectivity index (χ1) is 6.83. The Morgan fingerprint density at radius 1 is 1.64 bits per heavy atom. The molecule has 1 aromatic heterocycles. The van der Waals surface area contributed by atoms with Gasteiger partial charge in [-0.2, -0.15) is 0 Å². The van der Waals surface area contributed by atoms with E-state index >= 15 is 0 Å². The molecule has 4 heteroatoms. The highest BCUT2D eigenvalue weighted by molar-refractivity contribution is 7.13. The number of nitrogens with zero attached hydrogens (tertiary/aromatic N) is 2. The van der Waals surface area contributed by atoms with Crippen molar-refractivity contribution in [2.45, 2.75) is 25.6 Å². The molecule has 1 aliphatic carbocycles. The summed E-state index contributed by atoms with van der Waals surface area (Å²) in [6.07, 6.45) is 2.79. The molecule has 0 atom stereocenters. The van der Waals surface area contributed by atoms with E-state index in [9.17, 15) is 0 Å². The highest BCUT2D eigenvalue weighted by Gasteiger charge is 2.24. The van der Waals surface area contributed by atoms with Crippen LogP contribution in [-0.4, -0.2) is 18.1 Å². The summed E-state index contributed by atoms with van der Waals surface area (Å²) >= 11 is 7.44. The van der Waals surface area contributed by atoms with Crippen molar-refractivity contribution in [3.8, 4) is 0 Å². The molecule has 2 rings (SSSR count). The molecule has 0 N–H and O–H groups in total. The molecule has 78 valence electrons. The molecule has 0 aliphatic heterocycles. The number of alkyl halides is 1. The molecule has 0 radical (unpaired) electrons. The molecule has 1 heterocycles. The van der Waals surface area contributed by atoms with E-state index < -0.39 is 0 Å². The summed E-state index contributed by atoms with van der Waals surface area (Å²) in [6.45, 7) is 4.40. The number of halogens is 1. The fourth-order valence-electron chi connectivity index (χ4n) is 1.46. The SMILES string of the molecule is CCN(CC1CC1)c1nc(CCl)cs1. The lowest BCUT2D eigenvalue weighted by molar-refractivity contribution is 0.738. The van der Waals surface area contributed by atoms with Crippen molar-refractivity contribution in [2.75, 3.05) is 18.0 Å². The monoisotopic (exact) mass is 230 g/mol. The van der Waals surface area contributed by atoms with Gasteiger partial charge in [0.15, 0.2) is 5.13 Å². The summed E-state index contributed by atoms with van der Waals surface area (Å²) in [5.74, 6) is 1.44. The maximum absolute atomic E-state index is 5.73. The number of thiazole rings is 1. The number of hydrogen-bond donors (Lipinski definition) is 0. The number of aromatic nitrogens is 1. The quantitative estimate of drug-likeness (QED) is 0.723. The van der Waals surface area contributed by atoms with E-state index in [1.807, 2.05) is 0 Å². The summed E-state index contributed by atoms with van der Waals surface area (Å²) in [7, 11) is 0. The average Bonchev–Trinajstić information content (AvgIpc) is 2.90. The van der Waals surface area contributed by atoms with E-state index in [4.69, 9.17) is 11.6 Å². The maximum atomic E-state index is 5.73. The van der Waals surface area contributed by atoms with Crippen LogP contribution in [0.5, 0.6) is 0 Å². The van der Waals surface area contributed by atoms with Gasteiger partial charge in [0, 0.05) is 18.5 Å². The highest BCUT2D eigenvalue weighted by atomic mass is 35.5. The van der Waals surface area contributed by atoms with Gasteiger partial charge in [0.05, 0.1) is 11.6 Å². The molecule has 1 aliphatic rings. The molecule has 0 spiro atoms. The summed E-state index contributed by atoms with van der Waals surface area (Å²) in [6, 6.07) is 0. The van der Waals surface area contributed by atoms with Gasteiger partial charge < -0.3 is 4.90 Å². The maximum Gasteiger partial charge on any atom is 0.185 e. The van der Waals surface area contributed by atoms with E-state index in [1.54, 1.807) is 11.3 Å². The second kappa shape index (κ2) is 4.49. The summed E-state index contributed by atoms with van der Waals surface area (Å²) in [5.41, 5.74) is 1.00. The molecule has 14 heavy (non-hydrogen) atoms. The van der Waals surface area contributed by atoms with Gasteiger partial charge in [-0.05, 0) is 25.7 Å². The minimum atomic E-state index is 0.525. The van der Waals surface area contributed by atoms with E-state index in [0.29, 0.717) is 5.88 Å².